The van der Waals surface area contributed by atoms with Crippen LogP contribution in [0.25, 0.3) is 0 Å². The molecule has 0 saturated heterocycles. The molecule has 1 atom stereocenters. The van der Waals surface area contributed by atoms with E-state index in [2.05, 4.69) is 28.1 Å². The lowest BCUT2D eigenvalue weighted by atomic mass is 10.0. The number of benzene rings is 2. The van der Waals surface area contributed by atoms with Gasteiger partial charge >= 0.3 is 0 Å². The summed E-state index contributed by atoms with van der Waals surface area (Å²) in [5.41, 5.74) is 3.66. The summed E-state index contributed by atoms with van der Waals surface area (Å²) in [7, 11) is 0. The largest absolute Gasteiger partial charge is 0.192 e. The third-order valence-electron chi connectivity index (χ3n) is 2.90. The summed E-state index contributed by atoms with van der Waals surface area (Å²) >= 11 is 3.66. The molecule has 2 aromatic carbocycles. The molecule has 2 nitrogen and oxygen atoms in total. The van der Waals surface area contributed by atoms with E-state index < -0.39 is 0 Å². The Bertz CT molecular complexity index is 630. The average Bonchev–Trinajstić information content (AvgIpc) is 2.48. The molecule has 1 unspecified atom stereocenters. The van der Waals surface area contributed by atoms with E-state index in [0.717, 1.165) is 12.0 Å². The normalized spacial score (nSPS) is 11.3. The number of hydrogen-bond donors (Lipinski definition) is 0. The zero-order chi connectivity index (χ0) is 13.7. The second-order valence-electron chi connectivity index (χ2n) is 4.21. The molecule has 0 heterocycles. The Hall–Kier alpha value is -2.10. The van der Waals surface area contributed by atoms with Crippen molar-refractivity contribution in [2.24, 2.45) is 0 Å². The summed E-state index contributed by atoms with van der Waals surface area (Å²) < 4.78 is 0. The Labute approximate surface area is 121 Å². The summed E-state index contributed by atoms with van der Waals surface area (Å²) in [6, 6.07) is 19.4. The van der Waals surface area contributed by atoms with Crippen LogP contribution in [-0.4, -0.2) is 0 Å². The van der Waals surface area contributed by atoms with E-state index in [1.807, 2.05) is 48.5 Å². The third kappa shape index (κ3) is 3.44. The predicted molar refractivity (Wildman–Crippen MR) is 77.7 cm³/mol. The highest BCUT2D eigenvalue weighted by Crippen LogP contribution is 2.27. The van der Waals surface area contributed by atoms with Gasteiger partial charge in [0.25, 0.3) is 0 Å². The molecule has 19 heavy (non-hydrogen) atoms. The molecular formula is C16H11BrN2. The number of nitrogens with zero attached hydrogens (tertiary/aromatic N) is 2. The molecule has 0 N–H and O–H groups in total. The van der Waals surface area contributed by atoms with Crippen LogP contribution in [0.15, 0.2) is 48.5 Å². The first-order chi connectivity index (χ1) is 9.22. The topological polar surface area (TPSA) is 47.6 Å². The quantitative estimate of drug-likeness (QED) is 0.801. The van der Waals surface area contributed by atoms with Gasteiger partial charge in [0.05, 0.1) is 23.3 Å². The SMILES string of the molecule is N#Cc1ccc(CC(Br)c2ccc(C#N)cc2)cc1. The highest BCUT2D eigenvalue weighted by molar-refractivity contribution is 9.09. The van der Waals surface area contributed by atoms with E-state index in [0.29, 0.717) is 11.1 Å². The van der Waals surface area contributed by atoms with Crippen molar-refractivity contribution < 1.29 is 0 Å². The van der Waals surface area contributed by atoms with Crippen LogP contribution in [0.2, 0.25) is 0 Å². The fourth-order valence-corrected chi connectivity index (χ4v) is 2.49. The van der Waals surface area contributed by atoms with E-state index >= 15 is 0 Å². The van der Waals surface area contributed by atoms with Gasteiger partial charge in [0.1, 0.15) is 0 Å². The van der Waals surface area contributed by atoms with Gasteiger partial charge in [-0.15, -0.1) is 0 Å². The van der Waals surface area contributed by atoms with Crippen molar-refractivity contribution in [3.05, 3.63) is 70.8 Å². The molecule has 0 aliphatic rings. The Morgan fingerprint density at radius 1 is 0.842 bits per heavy atom. The van der Waals surface area contributed by atoms with E-state index in [-0.39, 0.29) is 4.83 Å². The van der Waals surface area contributed by atoms with Crippen molar-refractivity contribution in [3.8, 4) is 12.1 Å². The van der Waals surface area contributed by atoms with Gasteiger partial charge in [-0.2, -0.15) is 10.5 Å². The lowest BCUT2D eigenvalue weighted by molar-refractivity contribution is 0.948. The van der Waals surface area contributed by atoms with Crippen molar-refractivity contribution in [1.82, 2.24) is 0 Å². The first kappa shape index (κ1) is 13.3. The van der Waals surface area contributed by atoms with Crippen molar-refractivity contribution in [1.29, 1.82) is 10.5 Å². The maximum absolute atomic E-state index is 8.76. The van der Waals surface area contributed by atoms with Gasteiger partial charge in [0, 0.05) is 4.83 Å². The van der Waals surface area contributed by atoms with Crippen LogP contribution in [-0.2, 0) is 6.42 Å². The first-order valence-corrected chi connectivity index (χ1v) is 6.77. The zero-order valence-electron chi connectivity index (χ0n) is 10.2. The van der Waals surface area contributed by atoms with Crippen molar-refractivity contribution >= 4 is 15.9 Å². The van der Waals surface area contributed by atoms with Gasteiger partial charge in [-0.25, -0.2) is 0 Å². The van der Waals surface area contributed by atoms with Crippen LogP contribution in [0.5, 0.6) is 0 Å². The minimum atomic E-state index is 0.202. The number of nitriles is 2. The minimum Gasteiger partial charge on any atom is -0.192 e. The molecular weight excluding hydrogens is 300 g/mol. The van der Waals surface area contributed by atoms with E-state index in [4.69, 9.17) is 10.5 Å². The second kappa shape index (κ2) is 6.18. The second-order valence-corrected chi connectivity index (χ2v) is 5.32. The van der Waals surface area contributed by atoms with Gasteiger partial charge in [0.2, 0.25) is 0 Å². The maximum atomic E-state index is 8.76. The molecule has 0 spiro atoms. The van der Waals surface area contributed by atoms with Gasteiger partial charge < -0.3 is 0 Å². The van der Waals surface area contributed by atoms with Crippen molar-refractivity contribution in [3.63, 3.8) is 0 Å². The molecule has 2 aromatic rings. The predicted octanol–water partition coefficient (Wildman–Crippen LogP) is 4.11. The van der Waals surface area contributed by atoms with Gasteiger partial charge in [-0.1, -0.05) is 40.2 Å². The van der Waals surface area contributed by atoms with Crippen LogP contribution in [0, 0.1) is 22.7 Å². The molecule has 0 saturated carbocycles. The number of halogens is 1. The van der Waals surface area contributed by atoms with E-state index in [1.54, 1.807) is 0 Å². The number of alkyl halides is 1. The highest BCUT2D eigenvalue weighted by Gasteiger charge is 2.08. The highest BCUT2D eigenvalue weighted by atomic mass is 79.9. The number of hydrogen-bond acceptors (Lipinski definition) is 2. The lowest BCUT2D eigenvalue weighted by Gasteiger charge is -2.10. The van der Waals surface area contributed by atoms with Gasteiger partial charge in [-0.3, -0.25) is 0 Å². The van der Waals surface area contributed by atoms with Crippen LogP contribution in [0.4, 0.5) is 0 Å². The lowest BCUT2D eigenvalue weighted by Crippen LogP contribution is -1.95. The zero-order valence-corrected chi connectivity index (χ0v) is 11.8. The smallest absolute Gasteiger partial charge is 0.0991 e. The monoisotopic (exact) mass is 310 g/mol. The summed E-state index contributed by atoms with van der Waals surface area (Å²) in [4.78, 5) is 0.202. The minimum absolute atomic E-state index is 0.202. The Balaban J connectivity index is 2.09. The molecule has 0 radical (unpaired) electrons. The first-order valence-electron chi connectivity index (χ1n) is 5.86. The standard InChI is InChI=1S/C16H11BrN2/c17-16(15-7-5-14(11-19)6-8-15)9-12-1-3-13(10-18)4-2-12/h1-8,16H,9H2. The summed E-state index contributed by atoms with van der Waals surface area (Å²) in [5, 5.41) is 17.5. The molecule has 0 bridgehead atoms. The van der Waals surface area contributed by atoms with E-state index in [9.17, 15) is 0 Å². The summed E-state index contributed by atoms with van der Waals surface area (Å²) in [6.07, 6.45) is 0.845. The fraction of sp³-hybridized carbons (Fsp3) is 0.125. The average molecular weight is 311 g/mol. The number of rotatable bonds is 3. The molecule has 0 amide bonds. The molecule has 0 fully saturated rings. The molecule has 92 valence electrons. The van der Waals surface area contributed by atoms with Crippen LogP contribution in [0.1, 0.15) is 27.1 Å². The molecule has 3 heteroatoms. The molecule has 0 aliphatic heterocycles. The summed E-state index contributed by atoms with van der Waals surface area (Å²) in [5.74, 6) is 0. The van der Waals surface area contributed by atoms with Crippen molar-refractivity contribution in [2.45, 2.75) is 11.2 Å². The Kier molecular flexibility index (Phi) is 4.34. The van der Waals surface area contributed by atoms with Gasteiger partial charge in [-0.05, 0) is 41.8 Å². The van der Waals surface area contributed by atoms with Crippen LogP contribution < -0.4 is 0 Å². The molecule has 0 aromatic heterocycles. The van der Waals surface area contributed by atoms with Crippen molar-refractivity contribution in [2.75, 3.05) is 0 Å². The van der Waals surface area contributed by atoms with Gasteiger partial charge in [0.15, 0.2) is 0 Å². The van der Waals surface area contributed by atoms with E-state index in [1.165, 1.54) is 5.56 Å². The third-order valence-corrected chi connectivity index (χ3v) is 3.75. The van der Waals surface area contributed by atoms with Crippen LogP contribution >= 0.6 is 15.9 Å². The Morgan fingerprint density at radius 3 is 1.79 bits per heavy atom. The maximum Gasteiger partial charge on any atom is 0.0991 e. The Morgan fingerprint density at radius 2 is 1.32 bits per heavy atom. The molecule has 2 rings (SSSR count). The van der Waals surface area contributed by atoms with Crippen LogP contribution in [0.3, 0.4) is 0 Å². The molecule has 0 aliphatic carbocycles. The summed E-state index contributed by atoms with van der Waals surface area (Å²) in [6.45, 7) is 0. The fourth-order valence-electron chi connectivity index (χ4n) is 1.81.